The molecule has 1 saturated carbocycles. The molecule has 1 aliphatic carbocycles. The first-order valence-corrected chi connectivity index (χ1v) is 9.61. The predicted molar refractivity (Wildman–Crippen MR) is 105 cm³/mol. The fourth-order valence-corrected chi connectivity index (χ4v) is 3.51. The number of amides is 1. The van der Waals surface area contributed by atoms with Gasteiger partial charge in [0.1, 0.15) is 11.1 Å². The minimum absolute atomic E-state index is 0.0659. The zero-order valence-corrected chi connectivity index (χ0v) is 15.9. The van der Waals surface area contributed by atoms with Gasteiger partial charge in [-0.15, -0.1) is 5.10 Å². The summed E-state index contributed by atoms with van der Waals surface area (Å²) >= 11 is 6.10. The van der Waals surface area contributed by atoms with Crippen LogP contribution in [0, 0.1) is 0 Å². The van der Waals surface area contributed by atoms with Gasteiger partial charge in [0.2, 0.25) is 5.88 Å². The molecule has 2 aromatic heterocycles. The van der Waals surface area contributed by atoms with Crippen molar-refractivity contribution in [3.05, 3.63) is 65.6 Å². The molecular weight excluding hydrogens is 378 g/mol. The minimum Gasteiger partial charge on any atom is -0.473 e. The van der Waals surface area contributed by atoms with E-state index in [0.29, 0.717) is 16.5 Å². The Morgan fingerprint density at radius 1 is 1.14 bits per heavy atom. The number of ether oxygens (including phenoxy) is 1. The number of aromatic nitrogens is 4. The normalized spacial score (nSPS) is 19.2. The van der Waals surface area contributed by atoms with Crippen LogP contribution in [0.25, 0.3) is 5.69 Å². The summed E-state index contributed by atoms with van der Waals surface area (Å²) < 4.78 is 7.54. The van der Waals surface area contributed by atoms with Crippen LogP contribution in [0.3, 0.4) is 0 Å². The molecule has 0 radical (unpaired) electrons. The average Bonchev–Trinajstić information content (AvgIpc) is 3.26. The van der Waals surface area contributed by atoms with E-state index >= 15 is 0 Å². The van der Waals surface area contributed by atoms with E-state index in [4.69, 9.17) is 16.3 Å². The Morgan fingerprint density at radius 2 is 2.00 bits per heavy atom. The van der Waals surface area contributed by atoms with E-state index in [1.807, 2.05) is 18.2 Å². The summed E-state index contributed by atoms with van der Waals surface area (Å²) in [6, 6.07) is 11.0. The second-order valence-electron chi connectivity index (χ2n) is 6.75. The molecule has 28 heavy (non-hydrogen) atoms. The second-order valence-corrected chi connectivity index (χ2v) is 7.16. The number of carbonyl (C=O) groups is 1. The average molecular weight is 398 g/mol. The number of hydrogen-bond donors (Lipinski definition) is 1. The fraction of sp³-hybridized carbons (Fsp3) is 0.300. The number of rotatable bonds is 5. The maximum absolute atomic E-state index is 12.6. The monoisotopic (exact) mass is 397 g/mol. The Hall–Kier alpha value is -2.93. The van der Waals surface area contributed by atoms with Crippen molar-refractivity contribution in [1.29, 1.82) is 0 Å². The highest BCUT2D eigenvalue weighted by atomic mass is 35.5. The largest absolute Gasteiger partial charge is 0.473 e. The van der Waals surface area contributed by atoms with Crippen LogP contribution in [-0.4, -0.2) is 38.0 Å². The van der Waals surface area contributed by atoms with Crippen LogP contribution in [0.1, 0.15) is 36.0 Å². The van der Waals surface area contributed by atoms with Crippen LogP contribution in [0.15, 0.2) is 55.0 Å². The Bertz CT molecular complexity index is 939. The standard InChI is InChI=1S/C20H20ClN5O2/c21-18-5-2-10-22-20(18)28-17-8-6-15(7-9-17)24-19(27)14-3-1-4-16(13-14)26-12-11-23-25-26/h1-5,10-13,15,17H,6-9H2,(H,24,27). The van der Waals surface area contributed by atoms with Crippen LogP contribution in [0.2, 0.25) is 5.02 Å². The Balaban J connectivity index is 1.32. The van der Waals surface area contributed by atoms with Crippen molar-refractivity contribution in [3.8, 4) is 11.6 Å². The highest BCUT2D eigenvalue weighted by molar-refractivity contribution is 6.31. The fourth-order valence-electron chi connectivity index (χ4n) is 3.35. The molecule has 7 nitrogen and oxygen atoms in total. The van der Waals surface area contributed by atoms with Gasteiger partial charge in [-0.3, -0.25) is 4.79 Å². The van der Waals surface area contributed by atoms with E-state index in [1.165, 1.54) is 0 Å². The SMILES string of the molecule is O=C(NC1CCC(Oc2ncccc2Cl)CC1)c1cccc(-n2ccnn2)c1. The summed E-state index contributed by atoms with van der Waals surface area (Å²) in [6.07, 6.45) is 8.47. The zero-order chi connectivity index (χ0) is 19.3. The molecule has 0 atom stereocenters. The predicted octanol–water partition coefficient (Wildman–Crippen LogP) is 3.44. The molecular formula is C20H20ClN5O2. The number of nitrogens with zero attached hydrogens (tertiary/aromatic N) is 4. The number of nitrogens with one attached hydrogen (secondary N) is 1. The van der Waals surface area contributed by atoms with Crippen molar-refractivity contribution in [2.45, 2.75) is 37.8 Å². The second kappa shape index (κ2) is 8.39. The van der Waals surface area contributed by atoms with Crippen LogP contribution >= 0.6 is 11.6 Å². The number of hydrogen-bond acceptors (Lipinski definition) is 5. The van der Waals surface area contributed by atoms with Crippen molar-refractivity contribution in [2.75, 3.05) is 0 Å². The molecule has 8 heteroatoms. The highest BCUT2D eigenvalue weighted by Gasteiger charge is 2.25. The third kappa shape index (κ3) is 4.31. The van der Waals surface area contributed by atoms with E-state index in [9.17, 15) is 4.79 Å². The van der Waals surface area contributed by atoms with Gasteiger partial charge in [-0.05, 0) is 56.0 Å². The maximum atomic E-state index is 12.6. The number of halogens is 1. The maximum Gasteiger partial charge on any atom is 0.251 e. The van der Waals surface area contributed by atoms with Crippen LogP contribution < -0.4 is 10.1 Å². The smallest absolute Gasteiger partial charge is 0.251 e. The quantitative estimate of drug-likeness (QED) is 0.713. The third-order valence-electron chi connectivity index (χ3n) is 4.81. The van der Waals surface area contributed by atoms with Crippen molar-refractivity contribution in [2.24, 2.45) is 0 Å². The van der Waals surface area contributed by atoms with Crippen molar-refractivity contribution in [1.82, 2.24) is 25.3 Å². The van der Waals surface area contributed by atoms with Gasteiger partial charge in [-0.2, -0.15) is 0 Å². The van der Waals surface area contributed by atoms with Crippen molar-refractivity contribution in [3.63, 3.8) is 0 Å². The van der Waals surface area contributed by atoms with Gasteiger partial charge in [0.15, 0.2) is 0 Å². The molecule has 0 spiro atoms. The minimum atomic E-state index is -0.0842. The Labute approximate surface area is 167 Å². The van der Waals surface area contributed by atoms with E-state index < -0.39 is 0 Å². The van der Waals surface area contributed by atoms with Crippen LogP contribution in [0.4, 0.5) is 0 Å². The summed E-state index contributed by atoms with van der Waals surface area (Å²) in [7, 11) is 0. The lowest BCUT2D eigenvalue weighted by Crippen LogP contribution is -2.39. The first kappa shape index (κ1) is 18.4. The lowest BCUT2D eigenvalue weighted by molar-refractivity contribution is 0.0890. The summed E-state index contributed by atoms with van der Waals surface area (Å²) in [6.45, 7) is 0. The molecule has 1 aliphatic rings. The van der Waals surface area contributed by atoms with E-state index in [-0.39, 0.29) is 18.1 Å². The zero-order valence-electron chi connectivity index (χ0n) is 15.2. The molecule has 2 heterocycles. The molecule has 1 aromatic carbocycles. The molecule has 1 fully saturated rings. The van der Waals surface area contributed by atoms with E-state index in [1.54, 1.807) is 41.5 Å². The van der Waals surface area contributed by atoms with Gasteiger partial charge in [0.05, 0.1) is 18.1 Å². The topological polar surface area (TPSA) is 81.9 Å². The van der Waals surface area contributed by atoms with Gasteiger partial charge in [0.25, 0.3) is 5.91 Å². The summed E-state index contributed by atoms with van der Waals surface area (Å²) in [5.41, 5.74) is 1.40. The number of pyridine rings is 1. The molecule has 1 amide bonds. The van der Waals surface area contributed by atoms with Gasteiger partial charge in [-0.25, -0.2) is 9.67 Å². The Kier molecular flexibility index (Phi) is 5.53. The van der Waals surface area contributed by atoms with Crippen LogP contribution in [-0.2, 0) is 0 Å². The Morgan fingerprint density at radius 3 is 2.75 bits per heavy atom. The third-order valence-corrected chi connectivity index (χ3v) is 5.10. The van der Waals surface area contributed by atoms with Gasteiger partial charge >= 0.3 is 0 Å². The molecule has 1 N–H and O–H groups in total. The van der Waals surface area contributed by atoms with Gasteiger partial charge in [0, 0.05) is 17.8 Å². The number of carbonyl (C=O) groups excluding carboxylic acids is 1. The summed E-state index contributed by atoms with van der Waals surface area (Å²) in [5, 5.41) is 11.4. The molecule has 0 bridgehead atoms. The highest BCUT2D eigenvalue weighted by Crippen LogP contribution is 2.27. The number of benzene rings is 1. The molecule has 0 aliphatic heterocycles. The van der Waals surface area contributed by atoms with Crippen molar-refractivity contribution >= 4 is 17.5 Å². The van der Waals surface area contributed by atoms with Gasteiger partial charge in [-0.1, -0.05) is 22.9 Å². The first-order valence-electron chi connectivity index (χ1n) is 9.24. The molecule has 144 valence electrons. The van der Waals surface area contributed by atoms with E-state index in [2.05, 4.69) is 20.6 Å². The lowest BCUT2D eigenvalue weighted by Gasteiger charge is -2.29. The lowest BCUT2D eigenvalue weighted by atomic mass is 9.92. The molecule has 0 saturated heterocycles. The molecule has 0 unspecified atom stereocenters. The molecule has 4 rings (SSSR count). The first-order chi connectivity index (χ1) is 13.7. The van der Waals surface area contributed by atoms with E-state index in [0.717, 1.165) is 31.4 Å². The van der Waals surface area contributed by atoms with Crippen molar-refractivity contribution < 1.29 is 9.53 Å². The summed E-state index contributed by atoms with van der Waals surface area (Å²) in [5.74, 6) is 0.390. The van der Waals surface area contributed by atoms with Crippen LogP contribution in [0.5, 0.6) is 5.88 Å². The summed E-state index contributed by atoms with van der Waals surface area (Å²) in [4.78, 5) is 16.8. The van der Waals surface area contributed by atoms with Gasteiger partial charge < -0.3 is 10.1 Å². The molecule has 3 aromatic rings.